The second kappa shape index (κ2) is 5.09. The van der Waals surface area contributed by atoms with Crippen LogP contribution in [0.15, 0.2) is 18.2 Å². The lowest BCUT2D eigenvalue weighted by molar-refractivity contribution is 0.410. The maximum atomic E-state index is 5.41. The quantitative estimate of drug-likeness (QED) is 0.763. The van der Waals surface area contributed by atoms with E-state index in [4.69, 9.17) is 4.74 Å². The van der Waals surface area contributed by atoms with Gasteiger partial charge in [0.1, 0.15) is 5.75 Å². The topological polar surface area (TPSA) is 21.3 Å². The van der Waals surface area contributed by atoms with E-state index in [1.165, 1.54) is 30.4 Å². The fourth-order valence-corrected chi connectivity index (χ4v) is 2.37. The monoisotopic (exact) mass is 233 g/mol. The predicted octanol–water partition coefficient (Wildman–Crippen LogP) is 3.03. The fraction of sp³-hybridized carbons (Fsp3) is 0.600. The van der Waals surface area contributed by atoms with Gasteiger partial charge in [-0.3, -0.25) is 0 Å². The van der Waals surface area contributed by atoms with Gasteiger partial charge in [-0.2, -0.15) is 0 Å². The molecule has 0 amide bonds. The molecule has 1 saturated carbocycles. The summed E-state index contributed by atoms with van der Waals surface area (Å²) in [6.45, 7) is 6.52. The Bertz CT molecular complexity index is 383. The Kier molecular flexibility index (Phi) is 3.72. The van der Waals surface area contributed by atoms with Crippen molar-refractivity contribution in [3.05, 3.63) is 29.3 Å². The van der Waals surface area contributed by atoms with Gasteiger partial charge in [-0.1, -0.05) is 19.1 Å². The Morgan fingerprint density at radius 2 is 2.12 bits per heavy atom. The lowest BCUT2D eigenvalue weighted by atomic mass is 9.94. The Labute approximate surface area is 104 Å². The number of methoxy groups -OCH3 is 1. The molecule has 0 atom stereocenters. The van der Waals surface area contributed by atoms with Crippen molar-refractivity contribution in [2.24, 2.45) is 0 Å². The molecule has 0 bridgehead atoms. The van der Waals surface area contributed by atoms with Gasteiger partial charge in [-0.15, -0.1) is 0 Å². The van der Waals surface area contributed by atoms with Gasteiger partial charge in [0.2, 0.25) is 0 Å². The van der Waals surface area contributed by atoms with Gasteiger partial charge in [0.15, 0.2) is 0 Å². The lowest BCUT2D eigenvalue weighted by Gasteiger charge is -2.18. The zero-order chi connectivity index (χ0) is 12.3. The number of benzene rings is 1. The largest absolute Gasteiger partial charge is 0.496 e. The molecule has 1 aliphatic carbocycles. The van der Waals surface area contributed by atoms with E-state index >= 15 is 0 Å². The van der Waals surface area contributed by atoms with E-state index in [0.29, 0.717) is 5.41 Å². The van der Waals surface area contributed by atoms with Crippen molar-refractivity contribution in [1.29, 1.82) is 0 Å². The van der Waals surface area contributed by atoms with Crippen LogP contribution < -0.4 is 10.1 Å². The molecule has 1 aliphatic rings. The first-order chi connectivity index (χ1) is 8.22. The molecule has 0 saturated heterocycles. The van der Waals surface area contributed by atoms with Crippen LogP contribution in [0.4, 0.5) is 0 Å². The first-order valence-electron chi connectivity index (χ1n) is 6.58. The van der Waals surface area contributed by atoms with Gasteiger partial charge in [0.05, 0.1) is 7.11 Å². The minimum absolute atomic E-state index is 0.385. The van der Waals surface area contributed by atoms with E-state index in [-0.39, 0.29) is 0 Å². The molecule has 1 aromatic rings. The average molecular weight is 233 g/mol. The molecule has 1 fully saturated rings. The number of hydrogen-bond donors (Lipinski definition) is 1. The molecule has 0 spiro atoms. The van der Waals surface area contributed by atoms with E-state index in [1.54, 1.807) is 7.11 Å². The Balaban J connectivity index is 2.11. The highest BCUT2D eigenvalue weighted by Crippen LogP contribution is 2.48. The Morgan fingerprint density at radius 3 is 2.71 bits per heavy atom. The average Bonchev–Trinajstić information content (AvgIpc) is 3.11. The molecule has 0 aromatic heterocycles. The summed E-state index contributed by atoms with van der Waals surface area (Å²) in [7, 11) is 1.75. The Morgan fingerprint density at radius 1 is 1.35 bits per heavy atom. The molecule has 0 heterocycles. The van der Waals surface area contributed by atoms with Crippen LogP contribution in [0.3, 0.4) is 0 Å². The van der Waals surface area contributed by atoms with E-state index < -0.39 is 0 Å². The minimum Gasteiger partial charge on any atom is -0.496 e. The zero-order valence-corrected chi connectivity index (χ0v) is 11.2. The van der Waals surface area contributed by atoms with Gasteiger partial charge in [0, 0.05) is 12.0 Å². The molecule has 0 unspecified atom stereocenters. The molecular weight excluding hydrogens is 210 g/mol. The lowest BCUT2D eigenvalue weighted by Crippen LogP contribution is -2.27. The van der Waals surface area contributed by atoms with E-state index in [9.17, 15) is 0 Å². The second-order valence-corrected chi connectivity index (χ2v) is 5.14. The summed E-state index contributed by atoms with van der Waals surface area (Å²) in [6, 6.07) is 6.66. The van der Waals surface area contributed by atoms with Gasteiger partial charge in [-0.25, -0.2) is 0 Å². The third-order valence-electron chi connectivity index (χ3n) is 3.76. The summed E-state index contributed by atoms with van der Waals surface area (Å²) < 4.78 is 5.41. The molecule has 2 rings (SSSR count). The second-order valence-electron chi connectivity index (χ2n) is 5.14. The first-order valence-corrected chi connectivity index (χ1v) is 6.58. The third-order valence-corrected chi connectivity index (χ3v) is 3.76. The normalized spacial score (nSPS) is 16.9. The van der Waals surface area contributed by atoms with Crippen molar-refractivity contribution in [3.63, 3.8) is 0 Å². The molecule has 17 heavy (non-hydrogen) atoms. The SMILES string of the molecule is CCCNCC1(c2ccc(C)c(OC)c2)CC1. The molecule has 2 nitrogen and oxygen atoms in total. The van der Waals surface area contributed by atoms with Crippen LogP contribution in [0.5, 0.6) is 5.75 Å². The van der Waals surface area contributed by atoms with Crippen molar-refractivity contribution >= 4 is 0 Å². The fourth-order valence-electron chi connectivity index (χ4n) is 2.37. The molecular formula is C15H23NO. The predicted molar refractivity (Wildman–Crippen MR) is 71.8 cm³/mol. The summed E-state index contributed by atoms with van der Waals surface area (Å²) in [5.41, 5.74) is 3.04. The number of nitrogens with one attached hydrogen (secondary N) is 1. The summed E-state index contributed by atoms with van der Waals surface area (Å²) in [4.78, 5) is 0. The van der Waals surface area contributed by atoms with Gasteiger partial charge >= 0.3 is 0 Å². The van der Waals surface area contributed by atoms with Crippen molar-refractivity contribution in [3.8, 4) is 5.75 Å². The first kappa shape index (κ1) is 12.4. The maximum Gasteiger partial charge on any atom is 0.122 e. The van der Waals surface area contributed by atoms with Crippen LogP contribution in [0.1, 0.15) is 37.3 Å². The highest BCUT2D eigenvalue weighted by molar-refractivity contribution is 5.42. The molecule has 0 aliphatic heterocycles. The number of aryl methyl sites for hydroxylation is 1. The van der Waals surface area contributed by atoms with E-state index in [0.717, 1.165) is 18.8 Å². The van der Waals surface area contributed by atoms with Crippen LogP contribution in [0, 0.1) is 6.92 Å². The van der Waals surface area contributed by atoms with Crippen LogP contribution >= 0.6 is 0 Å². The third kappa shape index (κ3) is 2.63. The van der Waals surface area contributed by atoms with Crippen molar-refractivity contribution in [2.45, 2.75) is 38.5 Å². The van der Waals surface area contributed by atoms with Crippen molar-refractivity contribution in [1.82, 2.24) is 5.32 Å². The van der Waals surface area contributed by atoms with E-state index in [2.05, 4.69) is 37.4 Å². The van der Waals surface area contributed by atoms with E-state index in [1.807, 2.05) is 0 Å². The molecule has 2 heteroatoms. The molecule has 1 aromatic carbocycles. The van der Waals surface area contributed by atoms with Crippen molar-refractivity contribution in [2.75, 3.05) is 20.2 Å². The van der Waals surface area contributed by atoms with Crippen LogP contribution in [-0.2, 0) is 5.41 Å². The number of rotatable bonds is 6. The minimum atomic E-state index is 0.385. The standard InChI is InChI=1S/C15H23NO/c1-4-9-16-11-15(7-8-15)13-6-5-12(2)14(10-13)17-3/h5-6,10,16H,4,7-9,11H2,1-3H3. The highest BCUT2D eigenvalue weighted by Gasteiger charge is 2.43. The summed E-state index contributed by atoms with van der Waals surface area (Å²) in [5.74, 6) is 1.02. The maximum absolute atomic E-state index is 5.41. The van der Waals surface area contributed by atoms with Gasteiger partial charge in [-0.05, 0) is 49.9 Å². The van der Waals surface area contributed by atoms with Gasteiger partial charge in [0.25, 0.3) is 0 Å². The highest BCUT2D eigenvalue weighted by atomic mass is 16.5. The van der Waals surface area contributed by atoms with Crippen molar-refractivity contribution < 1.29 is 4.74 Å². The van der Waals surface area contributed by atoms with Crippen LogP contribution in [0.2, 0.25) is 0 Å². The zero-order valence-electron chi connectivity index (χ0n) is 11.2. The molecule has 94 valence electrons. The summed E-state index contributed by atoms with van der Waals surface area (Å²) in [5, 5.41) is 3.55. The van der Waals surface area contributed by atoms with Gasteiger partial charge < -0.3 is 10.1 Å². The summed E-state index contributed by atoms with van der Waals surface area (Å²) >= 11 is 0. The smallest absolute Gasteiger partial charge is 0.122 e. The van der Waals surface area contributed by atoms with Crippen LogP contribution in [-0.4, -0.2) is 20.2 Å². The summed E-state index contributed by atoms with van der Waals surface area (Å²) in [6.07, 6.45) is 3.80. The van der Waals surface area contributed by atoms with Crippen LogP contribution in [0.25, 0.3) is 0 Å². The molecule has 0 radical (unpaired) electrons. The Hall–Kier alpha value is -1.02. The molecule has 1 N–H and O–H groups in total. The number of ether oxygens (including phenoxy) is 1. The number of hydrogen-bond acceptors (Lipinski definition) is 2.